The van der Waals surface area contributed by atoms with E-state index in [0.29, 0.717) is 19.4 Å². The van der Waals surface area contributed by atoms with Crippen molar-refractivity contribution >= 4 is 17.8 Å². The van der Waals surface area contributed by atoms with Crippen LogP contribution < -0.4 is 5.32 Å². The summed E-state index contributed by atoms with van der Waals surface area (Å²) in [5.74, 6) is -1.58. The minimum atomic E-state index is -4.53. The first-order valence-electron chi connectivity index (χ1n) is 8.62. The van der Waals surface area contributed by atoms with Crippen LogP contribution in [0.25, 0.3) is 0 Å². The van der Waals surface area contributed by atoms with E-state index < -0.39 is 35.4 Å². The maximum Gasteiger partial charge on any atom is 0.416 e. The lowest BCUT2D eigenvalue weighted by molar-refractivity contribution is -0.142. The first kappa shape index (κ1) is 20.7. The highest BCUT2D eigenvalue weighted by Gasteiger charge is 2.33. The predicted molar refractivity (Wildman–Crippen MR) is 90.1 cm³/mol. The Hall–Kier alpha value is -2.58. The second kappa shape index (κ2) is 8.88. The molecule has 148 valence electrons. The third-order valence-corrected chi connectivity index (χ3v) is 4.24. The molecule has 1 saturated heterocycles. The van der Waals surface area contributed by atoms with E-state index in [4.69, 9.17) is 4.74 Å². The molecule has 0 spiro atoms. The molecule has 1 aliphatic heterocycles. The first-order valence-corrected chi connectivity index (χ1v) is 8.62. The van der Waals surface area contributed by atoms with Gasteiger partial charge in [0.2, 0.25) is 0 Å². The molecule has 1 aromatic rings. The first-order chi connectivity index (χ1) is 12.7. The van der Waals surface area contributed by atoms with E-state index in [2.05, 4.69) is 5.32 Å². The summed E-state index contributed by atoms with van der Waals surface area (Å²) in [6.07, 6.45) is -3.50. The second-order valence-electron chi connectivity index (χ2n) is 6.19. The molecule has 0 saturated carbocycles. The minimum Gasteiger partial charge on any atom is -0.465 e. The lowest BCUT2D eigenvalue weighted by atomic mass is 9.89. The van der Waals surface area contributed by atoms with Crippen LogP contribution in [0.2, 0.25) is 0 Å². The van der Waals surface area contributed by atoms with Crippen LogP contribution >= 0.6 is 0 Å². The molecule has 2 rings (SSSR count). The molecular formula is C18H21F3N2O4. The molecule has 1 heterocycles. The summed E-state index contributed by atoms with van der Waals surface area (Å²) in [7, 11) is 0. The number of piperidine rings is 1. The van der Waals surface area contributed by atoms with Gasteiger partial charge in [-0.3, -0.25) is 9.59 Å². The average Bonchev–Trinajstić information content (AvgIpc) is 2.65. The van der Waals surface area contributed by atoms with Crippen LogP contribution in [0.1, 0.15) is 35.7 Å². The molecule has 6 nitrogen and oxygen atoms in total. The number of rotatable bonds is 5. The van der Waals surface area contributed by atoms with Gasteiger partial charge in [0.05, 0.1) is 12.2 Å². The zero-order chi connectivity index (χ0) is 20.0. The number of esters is 1. The summed E-state index contributed by atoms with van der Waals surface area (Å²) in [4.78, 5) is 37.4. The maximum absolute atomic E-state index is 12.8. The Kier molecular flexibility index (Phi) is 6.81. The van der Waals surface area contributed by atoms with Crippen molar-refractivity contribution in [1.82, 2.24) is 10.2 Å². The van der Waals surface area contributed by atoms with Crippen molar-refractivity contribution in [3.05, 3.63) is 35.4 Å². The molecule has 1 aliphatic rings. The standard InChI is InChI=1S/C18H21F3N2O4/c1-2-27-15(24)10-22-17(26)23-8-4-6-13(11-23)16(25)12-5-3-7-14(9-12)18(19,20)21/h3,5,7,9,13H,2,4,6,8,10-11H2,1H3,(H,22,26)/t13-/m1/s1. The van der Waals surface area contributed by atoms with Crippen molar-refractivity contribution < 1.29 is 32.3 Å². The van der Waals surface area contributed by atoms with Gasteiger partial charge in [-0.05, 0) is 31.9 Å². The SMILES string of the molecule is CCOC(=O)CNC(=O)N1CCC[C@@H](C(=O)c2cccc(C(F)(F)F)c2)C1. The minimum absolute atomic E-state index is 0.0244. The largest absolute Gasteiger partial charge is 0.465 e. The molecule has 1 fully saturated rings. The number of Topliss-reactive ketones (excluding diaryl/α,β-unsaturated/α-hetero) is 1. The van der Waals surface area contributed by atoms with Crippen LogP contribution in [0.15, 0.2) is 24.3 Å². The Morgan fingerprint density at radius 3 is 2.70 bits per heavy atom. The number of nitrogens with one attached hydrogen (secondary N) is 1. The van der Waals surface area contributed by atoms with E-state index in [1.54, 1.807) is 6.92 Å². The molecule has 9 heteroatoms. The van der Waals surface area contributed by atoms with Gasteiger partial charge in [0.15, 0.2) is 5.78 Å². The summed E-state index contributed by atoms with van der Waals surface area (Å²) in [6.45, 7) is 2.06. The fourth-order valence-electron chi connectivity index (χ4n) is 2.93. The zero-order valence-electron chi connectivity index (χ0n) is 14.8. The van der Waals surface area contributed by atoms with Crippen molar-refractivity contribution in [2.24, 2.45) is 5.92 Å². The van der Waals surface area contributed by atoms with E-state index in [-0.39, 0.29) is 25.3 Å². The fraction of sp³-hybridized carbons (Fsp3) is 0.500. The lowest BCUT2D eigenvalue weighted by Crippen LogP contribution is -2.48. The summed E-state index contributed by atoms with van der Waals surface area (Å²) < 4.78 is 43.2. The maximum atomic E-state index is 12.8. The number of hydrogen-bond donors (Lipinski definition) is 1. The predicted octanol–water partition coefficient (Wildman–Crippen LogP) is 2.87. The van der Waals surface area contributed by atoms with E-state index in [0.717, 1.165) is 12.1 Å². The quantitative estimate of drug-likeness (QED) is 0.624. The van der Waals surface area contributed by atoms with Gasteiger partial charge in [-0.2, -0.15) is 13.2 Å². The van der Waals surface area contributed by atoms with Gasteiger partial charge in [-0.25, -0.2) is 4.79 Å². The smallest absolute Gasteiger partial charge is 0.416 e. The molecule has 0 aromatic heterocycles. The number of halogens is 3. The van der Waals surface area contributed by atoms with Crippen LogP contribution in [-0.2, 0) is 15.7 Å². The van der Waals surface area contributed by atoms with Crippen LogP contribution in [0.3, 0.4) is 0 Å². The average molecular weight is 386 g/mol. The van der Waals surface area contributed by atoms with E-state index >= 15 is 0 Å². The third-order valence-electron chi connectivity index (χ3n) is 4.24. The normalized spacial score (nSPS) is 17.3. The van der Waals surface area contributed by atoms with Crippen LogP contribution in [0.5, 0.6) is 0 Å². The molecule has 0 radical (unpaired) electrons. The number of benzene rings is 1. The zero-order valence-corrected chi connectivity index (χ0v) is 14.8. The number of hydrogen-bond acceptors (Lipinski definition) is 4. The number of nitrogens with zero attached hydrogens (tertiary/aromatic N) is 1. The van der Waals surface area contributed by atoms with Crippen LogP contribution in [0, 0.1) is 5.92 Å². The molecular weight excluding hydrogens is 365 g/mol. The number of urea groups is 1. The highest BCUT2D eigenvalue weighted by atomic mass is 19.4. The van der Waals surface area contributed by atoms with E-state index in [1.165, 1.54) is 17.0 Å². The highest BCUT2D eigenvalue weighted by Crippen LogP contribution is 2.30. The Labute approximate surface area is 154 Å². The van der Waals surface area contributed by atoms with Crippen molar-refractivity contribution in [2.45, 2.75) is 25.9 Å². The number of carbonyl (C=O) groups is 3. The highest BCUT2D eigenvalue weighted by molar-refractivity contribution is 5.98. The Balaban J connectivity index is 2.00. The molecule has 0 unspecified atom stereocenters. The van der Waals surface area contributed by atoms with Crippen LogP contribution in [0.4, 0.5) is 18.0 Å². The summed E-state index contributed by atoms with van der Waals surface area (Å²) in [5.41, 5.74) is -0.906. The molecule has 1 atom stereocenters. The Morgan fingerprint density at radius 1 is 1.30 bits per heavy atom. The van der Waals surface area contributed by atoms with Gasteiger partial charge in [-0.1, -0.05) is 12.1 Å². The topological polar surface area (TPSA) is 75.7 Å². The van der Waals surface area contributed by atoms with E-state index in [1.807, 2.05) is 0 Å². The van der Waals surface area contributed by atoms with Crippen molar-refractivity contribution in [1.29, 1.82) is 0 Å². The summed E-state index contributed by atoms with van der Waals surface area (Å²) in [6, 6.07) is 3.78. The molecule has 0 bridgehead atoms. The van der Waals surface area contributed by atoms with Crippen LogP contribution in [-0.4, -0.2) is 48.9 Å². The lowest BCUT2D eigenvalue weighted by Gasteiger charge is -2.32. The number of ether oxygens (including phenoxy) is 1. The van der Waals surface area contributed by atoms with Gasteiger partial charge in [0, 0.05) is 24.6 Å². The molecule has 1 aromatic carbocycles. The number of amides is 2. The van der Waals surface area contributed by atoms with Gasteiger partial charge in [-0.15, -0.1) is 0 Å². The van der Waals surface area contributed by atoms with Crippen molar-refractivity contribution in [3.8, 4) is 0 Å². The van der Waals surface area contributed by atoms with Gasteiger partial charge < -0.3 is 15.0 Å². The van der Waals surface area contributed by atoms with Gasteiger partial charge in [0.25, 0.3) is 0 Å². The molecule has 1 N–H and O–H groups in total. The Morgan fingerprint density at radius 2 is 2.04 bits per heavy atom. The summed E-state index contributed by atoms with van der Waals surface area (Å²) in [5, 5.41) is 2.42. The van der Waals surface area contributed by atoms with Gasteiger partial charge >= 0.3 is 18.2 Å². The molecule has 0 aliphatic carbocycles. The van der Waals surface area contributed by atoms with Crippen molar-refractivity contribution in [3.63, 3.8) is 0 Å². The summed E-state index contributed by atoms with van der Waals surface area (Å²) >= 11 is 0. The van der Waals surface area contributed by atoms with Crippen molar-refractivity contribution in [2.75, 3.05) is 26.2 Å². The number of alkyl halides is 3. The number of ketones is 1. The van der Waals surface area contributed by atoms with E-state index in [9.17, 15) is 27.6 Å². The fourth-order valence-corrected chi connectivity index (χ4v) is 2.93. The number of likely N-dealkylation sites (tertiary alicyclic amines) is 1. The number of carbonyl (C=O) groups excluding carboxylic acids is 3. The third kappa shape index (κ3) is 5.70. The monoisotopic (exact) mass is 386 g/mol. The Bertz CT molecular complexity index is 706. The second-order valence-corrected chi connectivity index (χ2v) is 6.19. The van der Waals surface area contributed by atoms with Gasteiger partial charge in [0.1, 0.15) is 6.54 Å². The molecule has 27 heavy (non-hydrogen) atoms. The molecule has 2 amide bonds.